The smallest absolute Gasteiger partial charge is 0.227 e. The van der Waals surface area contributed by atoms with Crippen molar-refractivity contribution >= 4 is 18.3 Å². The SMILES string of the molecule is C[C@@H]1CN(C(=O)[C@@H]2CN(C(C)(C)C)C[C@H]2c2ccc(F)cc2F)C[C@H](C)[C@]1(O)c1ccccc1.Cl. The predicted molar refractivity (Wildman–Crippen MR) is 136 cm³/mol. The van der Waals surface area contributed by atoms with Gasteiger partial charge in [-0.1, -0.05) is 50.2 Å². The number of carbonyl (C=O) groups excluding carboxylic acids is 1. The van der Waals surface area contributed by atoms with Crippen LogP contribution in [0.4, 0.5) is 8.78 Å². The Bertz CT molecular complexity index is 1030. The second-order valence-corrected chi connectivity index (χ2v) is 11.2. The number of rotatable bonds is 3. The molecule has 2 aliphatic rings. The summed E-state index contributed by atoms with van der Waals surface area (Å²) in [5.74, 6) is -2.35. The predicted octanol–water partition coefficient (Wildman–Crippen LogP) is 5.20. The van der Waals surface area contributed by atoms with Crippen LogP contribution < -0.4 is 0 Å². The summed E-state index contributed by atoms with van der Waals surface area (Å²) >= 11 is 0. The van der Waals surface area contributed by atoms with E-state index in [0.717, 1.165) is 11.6 Å². The molecule has 0 radical (unpaired) electrons. The van der Waals surface area contributed by atoms with Gasteiger partial charge in [-0.15, -0.1) is 12.4 Å². The second kappa shape index (κ2) is 10.2. The van der Waals surface area contributed by atoms with Crippen molar-refractivity contribution in [2.75, 3.05) is 26.2 Å². The number of aliphatic hydroxyl groups is 1. The fourth-order valence-electron chi connectivity index (χ4n) is 5.91. The van der Waals surface area contributed by atoms with Crippen LogP contribution in [0.1, 0.15) is 51.7 Å². The van der Waals surface area contributed by atoms with Crippen LogP contribution in [0.5, 0.6) is 0 Å². The molecule has 1 N–H and O–H groups in total. The number of amides is 1. The van der Waals surface area contributed by atoms with Crippen molar-refractivity contribution in [2.24, 2.45) is 17.8 Å². The highest BCUT2D eigenvalue weighted by molar-refractivity contribution is 5.85. The Kier molecular flexibility index (Phi) is 8.00. The normalized spacial score (nSPS) is 29.7. The van der Waals surface area contributed by atoms with E-state index in [-0.39, 0.29) is 41.6 Å². The minimum atomic E-state index is -1.02. The van der Waals surface area contributed by atoms with E-state index in [2.05, 4.69) is 25.7 Å². The summed E-state index contributed by atoms with van der Waals surface area (Å²) in [5, 5.41) is 11.7. The van der Waals surface area contributed by atoms with Crippen molar-refractivity contribution in [2.45, 2.75) is 51.7 Å². The lowest BCUT2D eigenvalue weighted by atomic mass is 9.70. The fraction of sp³-hybridized carbons (Fsp3) is 0.536. The molecular formula is C28H37ClF2N2O2. The van der Waals surface area contributed by atoms with Crippen LogP contribution >= 0.6 is 12.4 Å². The lowest BCUT2D eigenvalue weighted by Gasteiger charge is -2.48. The van der Waals surface area contributed by atoms with Crippen LogP contribution in [0, 0.1) is 29.4 Å². The third kappa shape index (κ3) is 5.11. The Morgan fingerprint density at radius 3 is 2.11 bits per heavy atom. The van der Waals surface area contributed by atoms with Gasteiger partial charge >= 0.3 is 0 Å². The minimum Gasteiger partial charge on any atom is -0.384 e. The second-order valence-electron chi connectivity index (χ2n) is 11.2. The first kappa shape index (κ1) is 27.6. The van der Waals surface area contributed by atoms with Gasteiger partial charge in [-0.3, -0.25) is 9.69 Å². The summed E-state index contributed by atoms with van der Waals surface area (Å²) in [7, 11) is 0. The zero-order valence-corrected chi connectivity index (χ0v) is 22.0. The third-order valence-corrected chi connectivity index (χ3v) is 7.99. The summed E-state index contributed by atoms with van der Waals surface area (Å²) < 4.78 is 28.4. The van der Waals surface area contributed by atoms with E-state index in [4.69, 9.17) is 0 Å². The van der Waals surface area contributed by atoms with Crippen LogP contribution in [0.25, 0.3) is 0 Å². The van der Waals surface area contributed by atoms with Gasteiger partial charge in [0.25, 0.3) is 0 Å². The molecule has 2 aromatic carbocycles. The van der Waals surface area contributed by atoms with Gasteiger partial charge in [-0.05, 0) is 38.0 Å². The maximum absolute atomic E-state index is 14.8. The Balaban J connectivity index is 0.00000342. The lowest BCUT2D eigenvalue weighted by Crippen LogP contribution is -2.57. The van der Waals surface area contributed by atoms with Gasteiger partial charge in [0.1, 0.15) is 11.6 Å². The number of carbonyl (C=O) groups is 1. The van der Waals surface area contributed by atoms with E-state index in [1.807, 2.05) is 49.1 Å². The van der Waals surface area contributed by atoms with Crippen molar-refractivity contribution in [1.82, 2.24) is 9.80 Å². The maximum atomic E-state index is 14.8. The fourth-order valence-corrected chi connectivity index (χ4v) is 5.91. The van der Waals surface area contributed by atoms with Gasteiger partial charge < -0.3 is 10.0 Å². The highest BCUT2D eigenvalue weighted by Crippen LogP contribution is 2.43. The van der Waals surface area contributed by atoms with Crippen LogP contribution in [-0.4, -0.2) is 52.5 Å². The average Bonchev–Trinajstić information content (AvgIpc) is 3.23. The summed E-state index contributed by atoms with van der Waals surface area (Å²) in [5.41, 5.74) is 0.0616. The van der Waals surface area contributed by atoms with Gasteiger partial charge in [0.05, 0.1) is 11.5 Å². The number of hydrogen-bond donors (Lipinski definition) is 1. The topological polar surface area (TPSA) is 43.8 Å². The minimum absolute atomic E-state index is 0. The van der Waals surface area contributed by atoms with Crippen LogP contribution in [0.15, 0.2) is 48.5 Å². The molecule has 4 rings (SSSR count). The van der Waals surface area contributed by atoms with E-state index >= 15 is 0 Å². The lowest BCUT2D eigenvalue weighted by molar-refractivity contribution is -0.152. The monoisotopic (exact) mass is 506 g/mol. The largest absolute Gasteiger partial charge is 0.384 e. The molecule has 0 saturated carbocycles. The molecule has 2 aliphatic heterocycles. The van der Waals surface area contributed by atoms with Gasteiger partial charge in [0.15, 0.2) is 0 Å². The third-order valence-electron chi connectivity index (χ3n) is 7.99. The highest BCUT2D eigenvalue weighted by atomic mass is 35.5. The molecule has 4 nitrogen and oxygen atoms in total. The van der Waals surface area contributed by atoms with Gasteiger partial charge in [0, 0.05) is 55.5 Å². The van der Waals surface area contributed by atoms with E-state index in [0.29, 0.717) is 31.7 Å². The Morgan fingerprint density at radius 1 is 0.971 bits per heavy atom. The molecule has 5 atom stereocenters. The summed E-state index contributed by atoms with van der Waals surface area (Å²) in [6.07, 6.45) is 0. The molecule has 2 fully saturated rings. The van der Waals surface area contributed by atoms with Crippen LogP contribution in [0.3, 0.4) is 0 Å². The van der Waals surface area contributed by atoms with Crippen molar-refractivity contribution in [3.8, 4) is 0 Å². The molecule has 1 amide bonds. The number of benzene rings is 2. The molecule has 2 heterocycles. The molecule has 0 unspecified atom stereocenters. The zero-order chi connectivity index (χ0) is 24.8. The molecule has 0 spiro atoms. The Labute approximate surface area is 213 Å². The first-order valence-corrected chi connectivity index (χ1v) is 12.2. The van der Waals surface area contributed by atoms with Crippen LogP contribution in [-0.2, 0) is 10.4 Å². The highest BCUT2D eigenvalue weighted by Gasteiger charge is 2.50. The van der Waals surface area contributed by atoms with Gasteiger partial charge in [-0.25, -0.2) is 8.78 Å². The molecule has 2 aromatic rings. The summed E-state index contributed by atoms with van der Waals surface area (Å²) in [6, 6.07) is 13.3. The van der Waals surface area contributed by atoms with E-state index in [1.165, 1.54) is 12.1 Å². The number of hydrogen-bond acceptors (Lipinski definition) is 3. The number of likely N-dealkylation sites (tertiary alicyclic amines) is 2. The summed E-state index contributed by atoms with van der Waals surface area (Å²) in [6.45, 7) is 12.1. The van der Waals surface area contributed by atoms with E-state index < -0.39 is 23.2 Å². The summed E-state index contributed by atoms with van der Waals surface area (Å²) in [4.78, 5) is 17.9. The zero-order valence-electron chi connectivity index (χ0n) is 21.2. The molecule has 35 heavy (non-hydrogen) atoms. The molecule has 0 aromatic heterocycles. The Morgan fingerprint density at radius 2 is 1.57 bits per heavy atom. The van der Waals surface area contributed by atoms with Crippen molar-refractivity contribution in [3.05, 3.63) is 71.3 Å². The molecule has 0 bridgehead atoms. The van der Waals surface area contributed by atoms with Crippen molar-refractivity contribution in [3.63, 3.8) is 0 Å². The molecule has 2 saturated heterocycles. The molecular weight excluding hydrogens is 470 g/mol. The first-order valence-electron chi connectivity index (χ1n) is 12.2. The number of nitrogens with zero attached hydrogens (tertiary/aromatic N) is 2. The first-order chi connectivity index (χ1) is 15.9. The maximum Gasteiger partial charge on any atom is 0.227 e. The average molecular weight is 507 g/mol. The van der Waals surface area contributed by atoms with Gasteiger partial charge in [0.2, 0.25) is 5.91 Å². The van der Waals surface area contributed by atoms with E-state index in [9.17, 15) is 18.7 Å². The van der Waals surface area contributed by atoms with Crippen LogP contribution in [0.2, 0.25) is 0 Å². The Hall–Kier alpha value is -2.02. The number of piperidine rings is 1. The molecule has 192 valence electrons. The number of halogens is 3. The van der Waals surface area contributed by atoms with E-state index in [1.54, 1.807) is 0 Å². The van der Waals surface area contributed by atoms with Gasteiger partial charge in [-0.2, -0.15) is 0 Å². The molecule has 0 aliphatic carbocycles. The van der Waals surface area contributed by atoms with Crippen molar-refractivity contribution < 1.29 is 18.7 Å². The molecule has 7 heteroatoms. The standard InChI is InChI=1S/C28H36F2N2O2.ClH/c1-18-14-31(15-19(2)28(18,34)20-9-7-6-8-10-20)26(33)24-17-32(27(3,4)5)16-23(24)22-12-11-21(29)13-25(22)30;/h6-13,18-19,23-24,34H,14-17H2,1-5H3;1H/t18-,19+,23-,24+,28+;/m0./s1. The quantitative estimate of drug-likeness (QED) is 0.622. The van der Waals surface area contributed by atoms with Crippen molar-refractivity contribution in [1.29, 1.82) is 0 Å².